The van der Waals surface area contributed by atoms with Gasteiger partial charge in [-0.3, -0.25) is 0 Å². The smallest absolute Gasteiger partial charge is 0.338 e. The molecule has 0 aliphatic carbocycles. The van der Waals surface area contributed by atoms with E-state index in [9.17, 15) is 4.79 Å². The molecule has 1 aromatic carbocycles. The van der Waals surface area contributed by atoms with E-state index in [-0.39, 0.29) is 12.2 Å². The predicted octanol–water partition coefficient (Wildman–Crippen LogP) is 3.42. The molecule has 2 heterocycles. The van der Waals surface area contributed by atoms with Gasteiger partial charge in [-0.25, -0.2) is 4.79 Å². The molecule has 3 rings (SSSR count). The van der Waals surface area contributed by atoms with Crippen molar-refractivity contribution in [1.29, 1.82) is 0 Å². The lowest BCUT2D eigenvalue weighted by molar-refractivity contribution is -0.260. The summed E-state index contributed by atoms with van der Waals surface area (Å²) in [6.45, 7) is 9.27. The van der Waals surface area contributed by atoms with Gasteiger partial charge in [0.15, 0.2) is 11.9 Å². The van der Waals surface area contributed by atoms with Gasteiger partial charge in [-0.1, -0.05) is 18.2 Å². The number of hydrogen-bond donors (Lipinski definition) is 0. The topological polar surface area (TPSA) is 63.2 Å². The van der Waals surface area contributed by atoms with Gasteiger partial charge in [0.2, 0.25) is 6.29 Å². The van der Waals surface area contributed by atoms with Gasteiger partial charge >= 0.3 is 5.97 Å². The Labute approximate surface area is 154 Å². The van der Waals surface area contributed by atoms with Crippen LogP contribution < -0.4 is 0 Å². The van der Waals surface area contributed by atoms with E-state index in [1.807, 2.05) is 46.8 Å². The van der Waals surface area contributed by atoms with Crippen LogP contribution in [0.1, 0.15) is 45.0 Å². The predicted molar refractivity (Wildman–Crippen MR) is 94.3 cm³/mol. The molecule has 0 bridgehead atoms. The maximum Gasteiger partial charge on any atom is 0.338 e. The van der Waals surface area contributed by atoms with E-state index < -0.39 is 30.3 Å². The standard InChI is InChI=1S/C20H26O6/c1-6-12(2)22-19-17(24-18(21)14-10-8-7-9-11-14)16-15(13(3)23-19)25-20(4,5)26-16/h6-11,13,15-17,19H,1-5H3/b12-6+/t13-,15+,16+,17-,19-/m1/s1. The summed E-state index contributed by atoms with van der Waals surface area (Å²) in [6.07, 6.45) is -0.775. The van der Waals surface area contributed by atoms with Crippen molar-refractivity contribution in [2.75, 3.05) is 0 Å². The zero-order valence-electron chi connectivity index (χ0n) is 15.8. The Morgan fingerprint density at radius 2 is 1.77 bits per heavy atom. The summed E-state index contributed by atoms with van der Waals surface area (Å²) >= 11 is 0. The quantitative estimate of drug-likeness (QED) is 0.604. The summed E-state index contributed by atoms with van der Waals surface area (Å²) in [6, 6.07) is 8.82. The summed E-state index contributed by atoms with van der Waals surface area (Å²) in [4.78, 5) is 12.6. The Morgan fingerprint density at radius 1 is 1.12 bits per heavy atom. The Hall–Kier alpha value is -1.89. The number of carbonyl (C=O) groups excluding carboxylic acids is 1. The first-order valence-corrected chi connectivity index (χ1v) is 8.87. The zero-order chi connectivity index (χ0) is 18.9. The van der Waals surface area contributed by atoms with E-state index in [4.69, 9.17) is 23.7 Å². The highest BCUT2D eigenvalue weighted by Crippen LogP contribution is 2.39. The maximum absolute atomic E-state index is 12.6. The summed E-state index contributed by atoms with van der Waals surface area (Å²) in [7, 11) is 0. The van der Waals surface area contributed by atoms with Crippen molar-refractivity contribution >= 4 is 5.97 Å². The number of fused-ring (bicyclic) bond motifs is 1. The maximum atomic E-state index is 12.6. The molecule has 2 fully saturated rings. The summed E-state index contributed by atoms with van der Waals surface area (Å²) in [5.41, 5.74) is 0.461. The third kappa shape index (κ3) is 3.92. The van der Waals surface area contributed by atoms with Crippen molar-refractivity contribution in [3.05, 3.63) is 47.7 Å². The molecular weight excluding hydrogens is 336 g/mol. The van der Waals surface area contributed by atoms with E-state index in [0.29, 0.717) is 11.3 Å². The van der Waals surface area contributed by atoms with Gasteiger partial charge in [-0.2, -0.15) is 0 Å². The number of esters is 1. The van der Waals surface area contributed by atoms with Crippen LogP contribution in [0.4, 0.5) is 0 Å². The fraction of sp³-hybridized carbons (Fsp3) is 0.550. The van der Waals surface area contributed by atoms with Crippen molar-refractivity contribution in [2.45, 2.75) is 71.1 Å². The minimum atomic E-state index is -0.783. The zero-order valence-corrected chi connectivity index (χ0v) is 15.8. The monoisotopic (exact) mass is 362 g/mol. The van der Waals surface area contributed by atoms with Crippen LogP contribution >= 0.6 is 0 Å². The molecule has 1 aromatic rings. The first-order chi connectivity index (χ1) is 12.3. The normalized spacial score (nSPS) is 33.4. The fourth-order valence-electron chi connectivity index (χ4n) is 3.19. The van der Waals surface area contributed by atoms with Crippen LogP contribution in [0.25, 0.3) is 0 Å². The molecule has 0 aromatic heterocycles. The highest BCUT2D eigenvalue weighted by atomic mass is 16.8. The van der Waals surface area contributed by atoms with Gasteiger partial charge in [0.1, 0.15) is 12.2 Å². The average Bonchev–Trinajstić information content (AvgIpc) is 2.94. The van der Waals surface area contributed by atoms with Crippen molar-refractivity contribution in [2.24, 2.45) is 0 Å². The molecule has 142 valence electrons. The van der Waals surface area contributed by atoms with Gasteiger partial charge in [0.05, 0.1) is 17.4 Å². The molecule has 0 unspecified atom stereocenters. The first kappa shape index (κ1) is 18.9. The van der Waals surface area contributed by atoms with Gasteiger partial charge in [-0.15, -0.1) is 0 Å². The number of rotatable bonds is 4. The number of benzene rings is 1. The molecule has 0 N–H and O–H groups in total. The second-order valence-corrected chi connectivity index (χ2v) is 7.03. The van der Waals surface area contributed by atoms with Gasteiger partial charge in [0, 0.05) is 0 Å². The molecule has 26 heavy (non-hydrogen) atoms. The molecule has 2 aliphatic heterocycles. The molecule has 0 amide bonds. The van der Waals surface area contributed by atoms with Crippen molar-refractivity contribution < 1.29 is 28.5 Å². The Bertz CT molecular complexity index is 668. The van der Waals surface area contributed by atoms with E-state index in [1.54, 1.807) is 24.3 Å². The van der Waals surface area contributed by atoms with Crippen LogP contribution in [0, 0.1) is 0 Å². The van der Waals surface area contributed by atoms with E-state index in [2.05, 4.69) is 0 Å². The van der Waals surface area contributed by atoms with Gasteiger partial charge in [0.25, 0.3) is 0 Å². The lowest BCUT2D eigenvalue weighted by atomic mass is 9.99. The van der Waals surface area contributed by atoms with E-state index >= 15 is 0 Å². The largest absolute Gasteiger partial charge is 0.466 e. The SMILES string of the molecule is C/C=C(\C)O[C@@H]1O[C@H](C)[C@@H]2OC(C)(C)O[C@@H]2[C@H]1OC(=O)c1ccccc1. The number of carbonyl (C=O) groups is 1. The Balaban J connectivity index is 1.86. The Morgan fingerprint density at radius 3 is 2.42 bits per heavy atom. The van der Waals surface area contributed by atoms with Crippen LogP contribution in [0.5, 0.6) is 0 Å². The molecule has 2 aliphatic rings. The second kappa shape index (κ2) is 7.39. The third-order valence-electron chi connectivity index (χ3n) is 4.53. The molecule has 5 atom stereocenters. The fourth-order valence-corrected chi connectivity index (χ4v) is 3.19. The molecule has 0 spiro atoms. The van der Waals surface area contributed by atoms with Crippen LogP contribution in [0.3, 0.4) is 0 Å². The molecular formula is C20H26O6. The van der Waals surface area contributed by atoms with Gasteiger partial charge in [-0.05, 0) is 52.8 Å². The lowest BCUT2D eigenvalue weighted by Gasteiger charge is -2.40. The Kier molecular flexibility index (Phi) is 5.37. The van der Waals surface area contributed by atoms with E-state index in [0.717, 1.165) is 0 Å². The molecule has 0 saturated carbocycles. The van der Waals surface area contributed by atoms with Crippen molar-refractivity contribution in [3.8, 4) is 0 Å². The summed E-state index contributed by atoms with van der Waals surface area (Å²) in [5, 5.41) is 0. The van der Waals surface area contributed by atoms with Crippen LogP contribution in [-0.4, -0.2) is 42.5 Å². The highest BCUT2D eigenvalue weighted by Gasteiger charge is 2.56. The molecule has 0 radical (unpaired) electrons. The molecule has 6 nitrogen and oxygen atoms in total. The van der Waals surface area contributed by atoms with Crippen molar-refractivity contribution in [3.63, 3.8) is 0 Å². The highest BCUT2D eigenvalue weighted by molar-refractivity contribution is 5.89. The van der Waals surface area contributed by atoms with E-state index in [1.165, 1.54) is 0 Å². The summed E-state index contributed by atoms with van der Waals surface area (Å²) < 4.78 is 29.6. The second-order valence-electron chi connectivity index (χ2n) is 7.03. The van der Waals surface area contributed by atoms with Crippen molar-refractivity contribution in [1.82, 2.24) is 0 Å². The lowest BCUT2D eigenvalue weighted by Crippen LogP contribution is -2.57. The summed E-state index contributed by atoms with van der Waals surface area (Å²) in [5.74, 6) is -0.554. The molecule has 2 saturated heterocycles. The minimum Gasteiger partial charge on any atom is -0.466 e. The number of ether oxygens (including phenoxy) is 5. The first-order valence-electron chi connectivity index (χ1n) is 8.87. The average molecular weight is 362 g/mol. The number of hydrogen-bond acceptors (Lipinski definition) is 6. The number of allylic oxidation sites excluding steroid dienone is 2. The van der Waals surface area contributed by atoms with Crippen LogP contribution in [0.2, 0.25) is 0 Å². The third-order valence-corrected chi connectivity index (χ3v) is 4.53. The molecule has 6 heteroatoms. The van der Waals surface area contributed by atoms with Crippen LogP contribution in [-0.2, 0) is 23.7 Å². The van der Waals surface area contributed by atoms with Gasteiger partial charge < -0.3 is 23.7 Å². The van der Waals surface area contributed by atoms with Crippen LogP contribution in [0.15, 0.2) is 42.2 Å². The minimum absolute atomic E-state index is 0.261.